The number of Topliss-reactive ketones (excluding diaryl/α,β-unsaturated/α-hetero) is 2. The van der Waals surface area contributed by atoms with Gasteiger partial charge in [-0.1, -0.05) is 52.6 Å². The Bertz CT molecular complexity index is 459. The highest BCUT2D eigenvalue weighted by atomic mass is 79.9. The van der Waals surface area contributed by atoms with Crippen molar-refractivity contribution in [2.45, 2.75) is 27.2 Å². The van der Waals surface area contributed by atoms with Crippen LogP contribution in [-0.4, -0.2) is 11.6 Å². The van der Waals surface area contributed by atoms with Gasteiger partial charge in [0, 0.05) is 19.9 Å². The summed E-state index contributed by atoms with van der Waals surface area (Å²) in [6, 6.07) is 5.35. The van der Waals surface area contributed by atoms with Gasteiger partial charge in [0.05, 0.1) is 6.42 Å². The summed E-state index contributed by atoms with van der Waals surface area (Å²) in [4.78, 5) is 23.8. The van der Waals surface area contributed by atoms with Crippen LogP contribution in [0.4, 0.5) is 0 Å². The second-order valence-corrected chi connectivity index (χ2v) is 6.67. The zero-order valence-electron chi connectivity index (χ0n) is 10.0. The minimum absolute atomic E-state index is 0.0469. The van der Waals surface area contributed by atoms with Crippen molar-refractivity contribution in [2.75, 3.05) is 0 Å². The summed E-state index contributed by atoms with van der Waals surface area (Å²) in [7, 11) is 0. The summed E-state index contributed by atoms with van der Waals surface area (Å²) in [6.45, 7) is 5.45. The molecule has 0 aliphatic heterocycles. The standard InChI is InChI=1S/C13H14Br2O2/c1-13(2,3)12(17)7-11(16)9-6-8(14)4-5-10(9)15/h4-6H,7H2,1-3H3. The van der Waals surface area contributed by atoms with E-state index >= 15 is 0 Å². The maximum atomic E-state index is 12.0. The van der Waals surface area contributed by atoms with Crippen molar-refractivity contribution in [1.29, 1.82) is 0 Å². The van der Waals surface area contributed by atoms with Crippen LogP contribution < -0.4 is 0 Å². The van der Waals surface area contributed by atoms with Crippen molar-refractivity contribution < 1.29 is 9.59 Å². The van der Waals surface area contributed by atoms with Gasteiger partial charge in [-0.15, -0.1) is 0 Å². The minimum atomic E-state index is -0.478. The summed E-state index contributed by atoms with van der Waals surface area (Å²) < 4.78 is 1.54. The lowest BCUT2D eigenvalue weighted by Crippen LogP contribution is -2.23. The van der Waals surface area contributed by atoms with Crippen molar-refractivity contribution in [3.8, 4) is 0 Å². The van der Waals surface area contributed by atoms with E-state index in [-0.39, 0.29) is 18.0 Å². The average molecular weight is 362 g/mol. The van der Waals surface area contributed by atoms with Gasteiger partial charge in [-0.2, -0.15) is 0 Å². The topological polar surface area (TPSA) is 34.1 Å². The molecule has 0 aromatic heterocycles. The van der Waals surface area contributed by atoms with Crippen LogP contribution in [0.2, 0.25) is 0 Å². The monoisotopic (exact) mass is 360 g/mol. The number of carbonyl (C=O) groups is 2. The first-order valence-electron chi connectivity index (χ1n) is 5.23. The molecule has 2 nitrogen and oxygen atoms in total. The van der Waals surface area contributed by atoms with E-state index in [9.17, 15) is 9.59 Å². The van der Waals surface area contributed by atoms with Crippen LogP contribution in [0.1, 0.15) is 37.6 Å². The second-order valence-electron chi connectivity index (χ2n) is 4.90. The zero-order valence-corrected chi connectivity index (χ0v) is 13.2. The van der Waals surface area contributed by atoms with Crippen LogP contribution in [0.25, 0.3) is 0 Å². The molecule has 0 spiro atoms. The van der Waals surface area contributed by atoms with E-state index in [0.717, 1.165) is 4.47 Å². The molecule has 0 fully saturated rings. The first-order chi connectivity index (χ1) is 7.71. The zero-order chi connectivity index (χ0) is 13.2. The normalized spacial score (nSPS) is 11.4. The van der Waals surface area contributed by atoms with E-state index in [1.165, 1.54) is 0 Å². The van der Waals surface area contributed by atoms with E-state index in [1.807, 2.05) is 26.8 Å². The fourth-order valence-corrected chi connectivity index (χ4v) is 2.05. The van der Waals surface area contributed by atoms with Crippen molar-refractivity contribution in [3.63, 3.8) is 0 Å². The van der Waals surface area contributed by atoms with Crippen LogP contribution in [0.15, 0.2) is 27.1 Å². The van der Waals surface area contributed by atoms with Crippen LogP contribution in [-0.2, 0) is 4.79 Å². The van der Waals surface area contributed by atoms with Gasteiger partial charge in [-0.3, -0.25) is 9.59 Å². The van der Waals surface area contributed by atoms with Gasteiger partial charge in [-0.25, -0.2) is 0 Å². The summed E-state index contributed by atoms with van der Waals surface area (Å²) in [5.74, 6) is -0.201. The Kier molecular flexibility index (Phi) is 4.67. The van der Waals surface area contributed by atoms with E-state index < -0.39 is 5.41 Å². The van der Waals surface area contributed by atoms with Crippen LogP contribution in [0.3, 0.4) is 0 Å². The molecular weight excluding hydrogens is 348 g/mol. The quantitative estimate of drug-likeness (QED) is 0.590. The Morgan fingerprint density at radius 3 is 2.29 bits per heavy atom. The summed E-state index contributed by atoms with van der Waals surface area (Å²) in [5.41, 5.74) is 0.0608. The number of carbonyl (C=O) groups excluding carboxylic acids is 2. The predicted molar refractivity (Wildman–Crippen MR) is 75.3 cm³/mol. The molecule has 0 aliphatic carbocycles. The van der Waals surface area contributed by atoms with Gasteiger partial charge >= 0.3 is 0 Å². The highest BCUT2D eigenvalue weighted by Crippen LogP contribution is 2.24. The number of hydrogen-bond acceptors (Lipinski definition) is 2. The maximum absolute atomic E-state index is 12.0. The molecule has 0 amide bonds. The first-order valence-corrected chi connectivity index (χ1v) is 6.82. The molecule has 0 saturated carbocycles. The number of ketones is 2. The van der Waals surface area contributed by atoms with Crippen molar-refractivity contribution >= 4 is 43.4 Å². The lowest BCUT2D eigenvalue weighted by atomic mass is 9.87. The smallest absolute Gasteiger partial charge is 0.171 e. The van der Waals surface area contributed by atoms with Gasteiger partial charge in [0.25, 0.3) is 0 Å². The molecule has 0 N–H and O–H groups in total. The van der Waals surface area contributed by atoms with E-state index in [0.29, 0.717) is 10.0 Å². The first kappa shape index (κ1) is 14.6. The molecule has 4 heteroatoms. The van der Waals surface area contributed by atoms with Crippen LogP contribution >= 0.6 is 31.9 Å². The molecular formula is C13H14Br2O2. The summed E-state index contributed by atoms with van der Waals surface area (Å²) >= 11 is 6.63. The molecule has 0 heterocycles. The third-order valence-corrected chi connectivity index (χ3v) is 3.57. The molecule has 0 saturated heterocycles. The summed E-state index contributed by atoms with van der Waals surface area (Å²) in [6.07, 6.45) is -0.0570. The highest BCUT2D eigenvalue weighted by Gasteiger charge is 2.24. The van der Waals surface area contributed by atoms with Crippen LogP contribution in [0.5, 0.6) is 0 Å². The molecule has 0 unspecified atom stereocenters. The lowest BCUT2D eigenvalue weighted by molar-refractivity contribution is -0.125. The lowest BCUT2D eigenvalue weighted by Gasteiger charge is -2.16. The Balaban J connectivity index is 2.91. The molecule has 0 bridgehead atoms. The molecule has 17 heavy (non-hydrogen) atoms. The molecule has 92 valence electrons. The third kappa shape index (κ3) is 4.03. The molecule has 1 aromatic carbocycles. The average Bonchev–Trinajstić information content (AvgIpc) is 2.20. The van der Waals surface area contributed by atoms with Gasteiger partial charge < -0.3 is 0 Å². The highest BCUT2D eigenvalue weighted by molar-refractivity contribution is 9.11. The SMILES string of the molecule is CC(C)(C)C(=O)CC(=O)c1cc(Br)ccc1Br. The fourth-order valence-electron chi connectivity index (χ4n) is 1.22. The summed E-state index contributed by atoms with van der Waals surface area (Å²) in [5, 5.41) is 0. The Labute approximate surface area is 118 Å². The van der Waals surface area contributed by atoms with Gasteiger partial charge in [0.1, 0.15) is 5.78 Å². The van der Waals surface area contributed by atoms with E-state index in [4.69, 9.17) is 0 Å². The van der Waals surface area contributed by atoms with E-state index in [1.54, 1.807) is 12.1 Å². The van der Waals surface area contributed by atoms with Gasteiger partial charge in [-0.05, 0) is 18.2 Å². The second kappa shape index (κ2) is 5.44. The molecule has 1 rings (SSSR count). The predicted octanol–water partition coefficient (Wildman–Crippen LogP) is 4.40. The number of halogens is 2. The fraction of sp³-hybridized carbons (Fsp3) is 0.385. The number of benzene rings is 1. The Morgan fingerprint density at radius 2 is 1.76 bits per heavy atom. The molecule has 0 atom stereocenters. The third-order valence-electron chi connectivity index (χ3n) is 2.39. The van der Waals surface area contributed by atoms with Gasteiger partial charge in [0.2, 0.25) is 0 Å². The minimum Gasteiger partial charge on any atom is -0.299 e. The van der Waals surface area contributed by atoms with Crippen molar-refractivity contribution in [1.82, 2.24) is 0 Å². The Morgan fingerprint density at radius 1 is 1.18 bits per heavy atom. The van der Waals surface area contributed by atoms with E-state index in [2.05, 4.69) is 31.9 Å². The number of rotatable bonds is 3. The molecule has 0 aliphatic rings. The van der Waals surface area contributed by atoms with Gasteiger partial charge in [0.15, 0.2) is 5.78 Å². The molecule has 1 aromatic rings. The van der Waals surface area contributed by atoms with Crippen LogP contribution in [0, 0.1) is 5.41 Å². The Hall–Kier alpha value is -0.480. The maximum Gasteiger partial charge on any atom is 0.171 e. The van der Waals surface area contributed by atoms with Crippen molar-refractivity contribution in [3.05, 3.63) is 32.7 Å². The van der Waals surface area contributed by atoms with Crippen molar-refractivity contribution in [2.24, 2.45) is 5.41 Å². The molecule has 0 radical (unpaired) electrons. The largest absolute Gasteiger partial charge is 0.299 e. The number of hydrogen-bond donors (Lipinski definition) is 0.